The van der Waals surface area contributed by atoms with Crippen LogP contribution in [0.3, 0.4) is 0 Å². The number of nitrogens with zero attached hydrogens (tertiary/aromatic N) is 1. The number of aromatic amines is 1. The molecule has 0 saturated carbocycles. The van der Waals surface area contributed by atoms with Gasteiger partial charge in [0, 0.05) is 5.54 Å². The Balaban J connectivity index is 1.98. The first-order chi connectivity index (χ1) is 9.85. The molecule has 0 saturated heterocycles. The van der Waals surface area contributed by atoms with E-state index in [-0.39, 0.29) is 23.6 Å². The minimum atomic E-state index is -0.256. The van der Waals surface area contributed by atoms with Crippen LogP contribution in [0, 0.1) is 0 Å². The van der Waals surface area contributed by atoms with Gasteiger partial charge in [-0.15, -0.1) is 0 Å². The van der Waals surface area contributed by atoms with E-state index in [0.717, 1.165) is 0 Å². The largest absolute Gasteiger partial charge is 0.350 e. The summed E-state index contributed by atoms with van der Waals surface area (Å²) in [7, 11) is 0. The summed E-state index contributed by atoms with van der Waals surface area (Å²) in [5.74, 6) is 0.424. The summed E-state index contributed by atoms with van der Waals surface area (Å²) in [4.78, 5) is 30.6. The third kappa shape index (κ3) is 4.39. The smallest absolute Gasteiger partial charge is 0.258 e. The van der Waals surface area contributed by atoms with Crippen LogP contribution in [-0.2, 0) is 11.3 Å². The van der Waals surface area contributed by atoms with Gasteiger partial charge in [-0.3, -0.25) is 9.59 Å². The molecular formula is C15H20N4O2. The SMILES string of the molecule is CC(C)(C)NC(=O)CNCc1nc2ccccc2c(=O)[nH]1. The zero-order chi connectivity index (χ0) is 15.5. The van der Waals surface area contributed by atoms with Crippen molar-refractivity contribution in [1.82, 2.24) is 20.6 Å². The number of benzene rings is 1. The van der Waals surface area contributed by atoms with Crippen molar-refractivity contribution < 1.29 is 4.79 Å². The number of carbonyl (C=O) groups is 1. The van der Waals surface area contributed by atoms with Gasteiger partial charge in [0.25, 0.3) is 5.56 Å². The topological polar surface area (TPSA) is 86.9 Å². The van der Waals surface area contributed by atoms with Crippen molar-refractivity contribution in [3.8, 4) is 0 Å². The highest BCUT2D eigenvalue weighted by molar-refractivity contribution is 5.79. The Hall–Kier alpha value is -2.21. The first-order valence-corrected chi connectivity index (χ1v) is 6.85. The number of hydrogen-bond acceptors (Lipinski definition) is 4. The lowest BCUT2D eigenvalue weighted by molar-refractivity contribution is -0.121. The Morgan fingerprint density at radius 2 is 2.00 bits per heavy atom. The number of fused-ring (bicyclic) bond motifs is 1. The number of carbonyl (C=O) groups excluding carboxylic acids is 1. The number of nitrogens with one attached hydrogen (secondary N) is 3. The van der Waals surface area contributed by atoms with Gasteiger partial charge in [-0.1, -0.05) is 12.1 Å². The molecule has 0 radical (unpaired) electrons. The molecule has 0 aliphatic carbocycles. The highest BCUT2D eigenvalue weighted by atomic mass is 16.2. The zero-order valence-electron chi connectivity index (χ0n) is 12.5. The first kappa shape index (κ1) is 15.2. The van der Waals surface area contributed by atoms with Crippen molar-refractivity contribution in [2.24, 2.45) is 0 Å². The van der Waals surface area contributed by atoms with Crippen molar-refractivity contribution in [3.05, 3.63) is 40.4 Å². The number of H-pyrrole nitrogens is 1. The number of amides is 1. The lowest BCUT2D eigenvalue weighted by Gasteiger charge is -2.20. The Morgan fingerprint density at radius 3 is 2.71 bits per heavy atom. The molecule has 1 heterocycles. The standard InChI is InChI=1S/C15H20N4O2/c1-15(2,3)19-13(20)9-16-8-12-17-11-7-5-4-6-10(11)14(21)18-12/h4-7,16H,8-9H2,1-3H3,(H,19,20)(H,17,18,21). The monoisotopic (exact) mass is 288 g/mol. The van der Waals surface area contributed by atoms with Gasteiger partial charge in [0.2, 0.25) is 5.91 Å². The Morgan fingerprint density at radius 1 is 1.29 bits per heavy atom. The van der Waals surface area contributed by atoms with Crippen molar-refractivity contribution >= 4 is 16.8 Å². The van der Waals surface area contributed by atoms with Gasteiger partial charge >= 0.3 is 0 Å². The van der Waals surface area contributed by atoms with Gasteiger partial charge in [-0.05, 0) is 32.9 Å². The molecule has 0 aliphatic heterocycles. The fourth-order valence-electron chi connectivity index (χ4n) is 1.98. The van der Waals surface area contributed by atoms with Gasteiger partial charge in [0.15, 0.2) is 0 Å². The van der Waals surface area contributed by atoms with E-state index in [4.69, 9.17) is 0 Å². The number of aromatic nitrogens is 2. The minimum Gasteiger partial charge on any atom is -0.350 e. The molecule has 0 bridgehead atoms. The van der Waals surface area contributed by atoms with Gasteiger partial charge in [-0.25, -0.2) is 4.98 Å². The molecule has 3 N–H and O–H groups in total. The number of para-hydroxylation sites is 1. The summed E-state index contributed by atoms with van der Waals surface area (Å²) >= 11 is 0. The van der Waals surface area contributed by atoms with Crippen LogP contribution < -0.4 is 16.2 Å². The summed E-state index contributed by atoms with van der Waals surface area (Å²) in [6.45, 7) is 6.28. The fraction of sp³-hybridized carbons (Fsp3) is 0.400. The summed E-state index contributed by atoms with van der Waals surface area (Å²) in [5, 5.41) is 6.39. The van der Waals surface area contributed by atoms with Crippen LogP contribution in [0.4, 0.5) is 0 Å². The molecule has 1 amide bonds. The Labute approximate surface area is 123 Å². The molecule has 6 heteroatoms. The molecule has 0 atom stereocenters. The molecule has 21 heavy (non-hydrogen) atoms. The van der Waals surface area contributed by atoms with Crippen LogP contribution in [0.5, 0.6) is 0 Å². The Bertz CT molecular complexity index is 701. The molecule has 112 valence electrons. The van der Waals surface area contributed by atoms with E-state index in [1.54, 1.807) is 18.2 Å². The maximum absolute atomic E-state index is 11.9. The van der Waals surface area contributed by atoms with Gasteiger partial charge in [0.1, 0.15) is 5.82 Å². The molecule has 0 fully saturated rings. The van der Waals surface area contributed by atoms with Crippen LogP contribution in [-0.4, -0.2) is 28.0 Å². The maximum atomic E-state index is 11.9. The van der Waals surface area contributed by atoms with Gasteiger partial charge < -0.3 is 15.6 Å². The third-order valence-electron chi connectivity index (χ3n) is 2.75. The van der Waals surface area contributed by atoms with Crippen LogP contribution in [0.1, 0.15) is 26.6 Å². The average Bonchev–Trinajstić information content (AvgIpc) is 2.36. The predicted molar refractivity (Wildman–Crippen MR) is 82.0 cm³/mol. The molecule has 2 aromatic rings. The summed E-state index contributed by atoms with van der Waals surface area (Å²) < 4.78 is 0. The molecule has 0 spiro atoms. The van der Waals surface area contributed by atoms with Crippen molar-refractivity contribution in [3.63, 3.8) is 0 Å². The number of rotatable bonds is 4. The van der Waals surface area contributed by atoms with E-state index >= 15 is 0 Å². The van der Waals surface area contributed by atoms with E-state index in [0.29, 0.717) is 23.3 Å². The highest BCUT2D eigenvalue weighted by Gasteiger charge is 2.13. The van der Waals surface area contributed by atoms with Crippen molar-refractivity contribution in [2.45, 2.75) is 32.9 Å². The molecule has 1 aromatic heterocycles. The summed E-state index contributed by atoms with van der Waals surface area (Å²) in [5.41, 5.74) is 0.225. The molecular weight excluding hydrogens is 268 g/mol. The number of hydrogen-bond donors (Lipinski definition) is 3. The van der Waals surface area contributed by atoms with E-state index in [2.05, 4.69) is 20.6 Å². The maximum Gasteiger partial charge on any atom is 0.258 e. The lowest BCUT2D eigenvalue weighted by atomic mass is 10.1. The lowest BCUT2D eigenvalue weighted by Crippen LogP contribution is -2.44. The second kappa shape index (κ2) is 6.05. The highest BCUT2D eigenvalue weighted by Crippen LogP contribution is 2.05. The molecule has 6 nitrogen and oxygen atoms in total. The molecule has 2 rings (SSSR count). The quantitative estimate of drug-likeness (QED) is 0.781. The van der Waals surface area contributed by atoms with Gasteiger partial charge in [0.05, 0.1) is 24.0 Å². The van der Waals surface area contributed by atoms with Crippen LogP contribution in [0.15, 0.2) is 29.1 Å². The molecule has 0 aliphatic rings. The summed E-state index contributed by atoms with van der Waals surface area (Å²) in [6, 6.07) is 7.16. The minimum absolute atomic E-state index is 0.0920. The van der Waals surface area contributed by atoms with E-state index in [1.807, 2.05) is 26.8 Å². The Kier molecular flexibility index (Phi) is 4.37. The molecule has 1 aromatic carbocycles. The first-order valence-electron chi connectivity index (χ1n) is 6.85. The second-order valence-electron chi connectivity index (χ2n) is 5.93. The van der Waals surface area contributed by atoms with Crippen molar-refractivity contribution in [2.75, 3.05) is 6.54 Å². The zero-order valence-corrected chi connectivity index (χ0v) is 12.5. The van der Waals surface area contributed by atoms with Crippen LogP contribution >= 0.6 is 0 Å². The van der Waals surface area contributed by atoms with Gasteiger partial charge in [-0.2, -0.15) is 0 Å². The van der Waals surface area contributed by atoms with Crippen LogP contribution in [0.2, 0.25) is 0 Å². The van der Waals surface area contributed by atoms with E-state index in [9.17, 15) is 9.59 Å². The van der Waals surface area contributed by atoms with Crippen molar-refractivity contribution in [1.29, 1.82) is 0 Å². The second-order valence-corrected chi connectivity index (χ2v) is 5.93. The molecule has 0 unspecified atom stereocenters. The third-order valence-corrected chi connectivity index (χ3v) is 2.75. The van der Waals surface area contributed by atoms with E-state index < -0.39 is 0 Å². The average molecular weight is 288 g/mol. The summed E-state index contributed by atoms with van der Waals surface area (Å²) in [6.07, 6.45) is 0. The van der Waals surface area contributed by atoms with Crippen LogP contribution in [0.25, 0.3) is 10.9 Å². The predicted octanol–water partition coefficient (Wildman–Crippen LogP) is 0.927. The van der Waals surface area contributed by atoms with E-state index in [1.165, 1.54) is 0 Å². The fourth-order valence-corrected chi connectivity index (χ4v) is 1.98. The normalized spacial score (nSPS) is 11.6.